The quantitative estimate of drug-likeness (QED) is 0.853. The van der Waals surface area contributed by atoms with Gasteiger partial charge >= 0.3 is 0 Å². The molecular weight excluding hydrogens is 322 g/mol. The first-order valence-corrected chi connectivity index (χ1v) is 8.83. The summed E-state index contributed by atoms with van der Waals surface area (Å²) in [5.74, 6) is 0.264. The average Bonchev–Trinajstić information content (AvgIpc) is 3.30. The summed E-state index contributed by atoms with van der Waals surface area (Å²) in [5, 5.41) is 0.926. The number of furan rings is 1. The van der Waals surface area contributed by atoms with Gasteiger partial charge in [-0.3, -0.25) is 4.79 Å². The molecule has 4 rings (SSSR count). The molecule has 2 saturated heterocycles. The molecular formula is C19H23NO5. The first kappa shape index (κ1) is 16.6. The van der Waals surface area contributed by atoms with E-state index in [9.17, 15) is 4.79 Å². The third kappa shape index (κ3) is 3.05. The summed E-state index contributed by atoms with van der Waals surface area (Å²) in [4.78, 5) is 15.2. The van der Waals surface area contributed by atoms with Gasteiger partial charge in [0, 0.05) is 24.6 Å². The van der Waals surface area contributed by atoms with Crippen LogP contribution in [0, 0.1) is 0 Å². The van der Waals surface area contributed by atoms with E-state index in [1.165, 1.54) is 0 Å². The van der Waals surface area contributed by atoms with Crippen molar-refractivity contribution in [2.75, 3.05) is 26.9 Å². The number of piperidine rings is 1. The summed E-state index contributed by atoms with van der Waals surface area (Å²) in [6.07, 6.45) is 2.60. The van der Waals surface area contributed by atoms with Crippen molar-refractivity contribution in [2.45, 2.75) is 38.2 Å². The van der Waals surface area contributed by atoms with Crippen molar-refractivity contribution in [1.82, 2.24) is 4.90 Å². The Morgan fingerprint density at radius 2 is 2.04 bits per heavy atom. The van der Waals surface area contributed by atoms with Crippen LogP contribution in [0.4, 0.5) is 0 Å². The maximum atomic E-state index is 13.3. The van der Waals surface area contributed by atoms with Gasteiger partial charge in [-0.15, -0.1) is 0 Å². The first-order chi connectivity index (χ1) is 12.3. The van der Waals surface area contributed by atoms with Gasteiger partial charge in [0.2, 0.25) is 0 Å². The van der Waals surface area contributed by atoms with E-state index in [2.05, 4.69) is 0 Å². The standard InChI is InChI=1S/C19H23NO5/c1-22-12-14-13-6-2-3-8-16(13)25-17(14)18(21)20-9-5-4-7-15(20)19-23-10-11-24-19/h2-3,6,8,15,19H,4-5,7,9-12H2,1H3. The zero-order chi connectivity index (χ0) is 17.2. The number of ether oxygens (including phenoxy) is 3. The normalized spacial score (nSPS) is 22.0. The fourth-order valence-corrected chi connectivity index (χ4v) is 3.78. The SMILES string of the molecule is COCc1c(C(=O)N2CCCCC2C2OCCO2)oc2ccccc12. The van der Waals surface area contributed by atoms with Gasteiger partial charge in [0.15, 0.2) is 12.1 Å². The molecule has 6 heteroatoms. The summed E-state index contributed by atoms with van der Waals surface area (Å²) in [5.41, 5.74) is 1.51. The first-order valence-electron chi connectivity index (χ1n) is 8.83. The zero-order valence-electron chi connectivity index (χ0n) is 14.4. The summed E-state index contributed by atoms with van der Waals surface area (Å²) in [6, 6.07) is 7.62. The molecule has 1 aromatic heterocycles. The van der Waals surface area contributed by atoms with Crippen molar-refractivity contribution in [3.63, 3.8) is 0 Å². The minimum atomic E-state index is -0.334. The number of carbonyl (C=O) groups excluding carboxylic acids is 1. The van der Waals surface area contributed by atoms with Gasteiger partial charge in [-0.2, -0.15) is 0 Å². The molecule has 0 saturated carbocycles. The van der Waals surface area contributed by atoms with E-state index in [4.69, 9.17) is 18.6 Å². The number of rotatable bonds is 4. The highest BCUT2D eigenvalue weighted by molar-refractivity contribution is 5.99. The maximum Gasteiger partial charge on any atom is 0.290 e. The van der Waals surface area contributed by atoms with Gasteiger partial charge in [0.05, 0.1) is 25.9 Å². The van der Waals surface area contributed by atoms with Crippen LogP contribution in [-0.4, -0.2) is 50.0 Å². The van der Waals surface area contributed by atoms with Gasteiger partial charge in [0.25, 0.3) is 5.91 Å². The summed E-state index contributed by atoms with van der Waals surface area (Å²) in [7, 11) is 1.62. The Bertz CT molecular complexity index is 749. The molecule has 6 nitrogen and oxygen atoms in total. The molecule has 3 heterocycles. The molecule has 25 heavy (non-hydrogen) atoms. The van der Waals surface area contributed by atoms with E-state index in [0.29, 0.717) is 37.7 Å². The van der Waals surface area contributed by atoms with Gasteiger partial charge in [-0.05, 0) is 25.3 Å². The molecule has 0 N–H and O–H groups in total. The third-order valence-electron chi connectivity index (χ3n) is 4.95. The number of amides is 1. The van der Waals surface area contributed by atoms with Crippen LogP contribution in [0.5, 0.6) is 0 Å². The lowest BCUT2D eigenvalue weighted by molar-refractivity contribution is -0.100. The van der Waals surface area contributed by atoms with Crippen LogP contribution < -0.4 is 0 Å². The predicted octanol–water partition coefficient (Wildman–Crippen LogP) is 2.95. The number of carbonyl (C=O) groups is 1. The van der Waals surface area contributed by atoms with Crippen LogP contribution in [0.25, 0.3) is 11.0 Å². The van der Waals surface area contributed by atoms with Crippen molar-refractivity contribution in [3.05, 3.63) is 35.6 Å². The summed E-state index contributed by atoms with van der Waals surface area (Å²) < 4.78 is 22.6. The number of nitrogens with zero attached hydrogens (tertiary/aromatic N) is 1. The van der Waals surface area contributed by atoms with E-state index in [0.717, 1.165) is 30.2 Å². The Hall–Kier alpha value is -1.89. The molecule has 1 atom stereocenters. The fourth-order valence-electron chi connectivity index (χ4n) is 3.78. The Labute approximate surface area is 146 Å². The number of likely N-dealkylation sites (tertiary alicyclic amines) is 1. The van der Waals surface area contributed by atoms with E-state index >= 15 is 0 Å². The number of hydrogen-bond acceptors (Lipinski definition) is 5. The van der Waals surface area contributed by atoms with E-state index in [1.807, 2.05) is 29.2 Å². The summed E-state index contributed by atoms with van der Waals surface area (Å²) in [6.45, 7) is 2.20. The number of hydrogen-bond donors (Lipinski definition) is 0. The lowest BCUT2D eigenvalue weighted by atomic mass is 10.0. The highest BCUT2D eigenvalue weighted by Crippen LogP contribution is 2.31. The highest BCUT2D eigenvalue weighted by Gasteiger charge is 2.38. The second-order valence-corrected chi connectivity index (χ2v) is 6.51. The Morgan fingerprint density at radius 1 is 1.24 bits per heavy atom. The zero-order valence-corrected chi connectivity index (χ0v) is 14.4. The molecule has 0 radical (unpaired) electrons. The smallest absolute Gasteiger partial charge is 0.290 e. The van der Waals surface area contributed by atoms with E-state index in [1.54, 1.807) is 7.11 Å². The average molecular weight is 345 g/mol. The molecule has 0 spiro atoms. The van der Waals surface area contributed by atoms with E-state index in [-0.39, 0.29) is 18.2 Å². The van der Waals surface area contributed by atoms with E-state index < -0.39 is 0 Å². The molecule has 0 aliphatic carbocycles. The van der Waals surface area contributed by atoms with Crippen molar-refractivity contribution in [1.29, 1.82) is 0 Å². The van der Waals surface area contributed by atoms with Gasteiger partial charge in [-0.25, -0.2) is 0 Å². The molecule has 2 aromatic rings. The van der Waals surface area contributed by atoms with Crippen LogP contribution in [0.1, 0.15) is 35.4 Å². The number of para-hydroxylation sites is 1. The van der Waals surface area contributed by atoms with Gasteiger partial charge in [0.1, 0.15) is 5.58 Å². The van der Waals surface area contributed by atoms with Crippen molar-refractivity contribution >= 4 is 16.9 Å². The topological polar surface area (TPSA) is 61.1 Å². The predicted molar refractivity (Wildman–Crippen MR) is 91.3 cm³/mol. The Morgan fingerprint density at radius 3 is 2.84 bits per heavy atom. The third-order valence-corrected chi connectivity index (χ3v) is 4.95. The van der Waals surface area contributed by atoms with Crippen LogP contribution in [0.3, 0.4) is 0 Å². The van der Waals surface area contributed by atoms with Crippen molar-refractivity contribution in [2.24, 2.45) is 0 Å². The lowest BCUT2D eigenvalue weighted by Gasteiger charge is -2.37. The molecule has 1 amide bonds. The number of benzene rings is 1. The molecule has 2 fully saturated rings. The number of fused-ring (bicyclic) bond motifs is 1. The van der Waals surface area contributed by atoms with Crippen LogP contribution >= 0.6 is 0 Å². The molecule has 1 aromatic carbocycles. The lowest BCUT2D eigenvalue weighted by Crippen LogP contribution is -2.50. The van der Waals surface area contributed by atoms with Crippen LogP contribution in [0.2, 0.25) is 0 Å². The van der Waals surface area contributed by atoms with Crippen molar-refractivity contribution in [3.8, 4) is 0 Å². The molecule has 2 aliphatic rings. The maximum absolute atomic E-state index is 13.3. The second-order valence-electron chi connectivity index (χ2n) is 6.51. The molecule has 134 valence electrons. The minimum Gasteiger partial charge on any atom is -0.451 e. The molecule has 2 aliphatic heterocycles. The largest absolute Gasteiger partial charge is 0.451 e. The Kier molecular flexibility index (Phi) is 4.74. The van der Waals surface area contributed by atoms with Crippen molar-refractivity contribution < 1.29 is 23.4 Å². The number of methoxy groups -OCH3 is 1. The minimum absolute atomic E-state index is 0.0626. The second kappa shape index (κ2) is 7.15. The highest BCUT2D eigenvalue weighted by atomic mass is 16.7. The Balaban J connectivity index is 1.69. The molecule has 1 unspecified atom stereocenters. The summed E-state index contributed by atoms with van der Waals surface area (Å²) >= 11 is 0. The van der Waals surface area contributed by atoms with Gasteiger partial charge < -0.3 is 23.5 Å². The monoisotopic (exact) mass is 345 g/mol. The van der Waals surface area contributed by atoms with Crippen LogP contribution in [0.15, 0.2) is 28.7 Å². The molecule has 0 bridgehead atoms. The fraction of sp³-hybridized carbons (Fsp3) is 0.526. The van der Waals surface area contributed by atoms with Crippen LogP contribution in [-0.2, 0) is 20.8 Å². The van der Waals surface area contributed by atoms with Gasteiger partial charge in [-0.1, -0.05) is 18.2 Å².